The molecule has 29 heavy (non-hydrogen) atoms. The van der Waals surface area contributed by atoms with Gasteiger partial charge in [0, 0.05) is 0 Å². The number of carbonyl (C=O) groups is 1. The molecule has 0 saturated heterocycles. The molecular weight excluding hydrogens is 386 g/mol. The van der Waals surface area contributed by atoms with E-state index in [4.69, 9.17) is 14.2 Å². The van der Waals surface area contributed by atoms with Crippen molar-refractivity contribution in [3.8, 4) is 11.5 Å². The molecule has 0 N–H and O–H groups in total. The van der Waals surface area contributed by atoms with E-state index in [-0.39, 0.29) is 5.70 Å². The Bertz CT molecular complexity index is 1060. The van der Waals surface area contributed by atoms with Crippen LogP contribution in [0, 0.1) is 0 Å². The number of nitrogens with zero attached hydrogens (tertiary/aromatic N) is 1. The highest BCUT2D eigenvalue weighted by atomic mass is 32.1. The van der Waals surface area contributed by atoms with Crippen LogP contribution in [0.1, 0.15) is 22.9 Å². The van der Waals surface area contributed by atoms with E-state index >= 15 is 0 Å². The minimum absolute atomic E-state index is 0.258. The molecule has 1 aromatic heterocycles. The topological polar surface area (TPSA) is 57.1 Å². The van der Waals surface area contributed by atoms with Gasteiger partial charge in [0.1, 0.15) is 6.61 Å². The minimum Gasteiger partial charge on any atom is -0.490 e. The van der Waals surface area contributed by atoms with Gasteiger partial charge in [0.2, 0.25) is 5.90 Å². The molecule has 0 fully saturated rings. The van der Waals surface area contributed by atoms with Crippen molar-refractivity contribution >= 4 is 29.3 Å². The van der Waals surface area contributed by atoms with E-state index in [2.05, 4.69) is 4.99 Å². The minimum atomic E-state index is -0.462. The molecule has 0 saturated carbocycles. The normalized spacial score (nSPS) is 14.6. The van der Waals surface area contributed by atoms with E-state index < -0.39 is 5.97 Å². The Labute approximate surface area is 172 Å². The van der Waals surface area contributed by atoms with Crippen LogP contribution in [-0.2, 0) is 16.1 Å². The fourth-order valence-electron chi connectivity index (χ4n) is 2.81. The molecule has 0 radical (unpaired) electrons. The summed E-state index contributed by atoms with van der Waals surface area (Å²) in [5.41, 5.74) is 2.11. The molecule has 1 aliphatic heterocycles. The maximum Gasteiger partial charge on any atom is 0.363 e. The number of hydrogen-bond acceptors (Lipinski definition) is 6. The van der Waals surface area contributed by atoms with Gasteiger partial charge in [-0.1, -0.05) is 42.5 Å². The molecular formula is C23H19NO4S. The van der Waals surface area contributed by atoms with Gasteiger partial charge in [-0.15, -0.1) is 11.3 Å². The standard InChI is InChI=1S/C23H19NO4S/c1-2-26-20-14-17(10-11-19(20)27-15-16-7-4-3-5-8-16)13-18-23(25)28-22(24-18)21-9-6-12-29-21/h3-14H,2,15H2,1H3/b18-13-. The monoisotopic (exact) mass is 405 g/mol. The lowest BCUT2D eigenvalue weighted by molar-refractivity contribution is -0.129. The Balaban J connectivity index is 1.56. The largest absolute Gasteiger partial charge is 0.490 e. The van der Waals surface area contributed by atoms with Crippen LogP contribution in [0.15, 0.2) is 76.7 Å². The summed E-state index contributed by atoms with van der Waals surface area (Å²) in [6, 6.07) is 19.2. The summed E-state index contributed by atoms with van der Waals surface area (Å²) in [6.45, 7) is 2.87. The second kappa shape index (κ2) is 8.75. The lowest BCUT2D eigenvalue weighted by Gasteiger charge is -2.12. The number of rotatable bonds is 7. The van der Waals surface area contributed by atoms with Gasteiger partial charge in [-0.25, -0.2) is 9.79 Å². The van der Waals surface area contributed by atoms with Gasteiger partial charge in [0.05, 0.1) is 11.5 Å². The predicted octanol–water partition coefficient (Wildman–Crippen LogP) is 5.07. The Morgan fingerprint density at radius 1 is 1.03 bits per heavy atom. The van der Waals surface area contributed by atoms with Crippen molar-refractivity contribution in [2.75, 3.05) is 6.61 Å². The van der Waals surface area contributed by atoms with Gasteiger partial charge < -0.3 is 14.2 Å². The van der Waals surface area contributed by atoms with Crippen LogP contribution < -0.4 is 9.47 Å². The zero-order valence-electron chi connectivity index (χ0n) is 15.8. The lowest BCUT2D eigenvalue weighted by Crippen LogP contribution is -2.03. The fourth-order valence-corrected chi connectivity index (χ4v) is 3.46. The third-order valence-corrected chi connectivity index (χ3v) is 5.02. The molecule has 5 nitrogen and oxygen atoms in total. The summed E-state index contributed by atoms with van der Waals surface area (Å²) in [5, 5.41) is 1.91. The van der Waals surface area contributed by atoms with Crippen LogP contribution in [0.2, 0.25) is 0 Å². The van der Waals surface area contributed by atoms with Gasteiger partial charge in [-0.3, -0.25) is 0 Å². The first-order valence-electron chi connectivity index (χ1n) is 9.23. The Hall–Kier alpha value is -3.38. The van der Waals surface area contributed by atoms with E-state index in [0.29, 0.717) is 30.6 Å². The quantitative estimate of drug-likeness (QED) is 0.407. The second-order valence-corrected chi connectivity index (χ2v) is 7.17. The first kappa shape index (κ1) is 19.0. The van der Waals surface area contributed by atoms with Gasteiger partial charge >= 0.3 is 5.97 Å². The molecule has 0 aliphatic carbocycles. The summed E-state index contributed by atoms with van der Waals surface area (Å²) < 4.78 is 16.9. The highest BCUT2D eigenvalue weighted by Crippen LogP contribution is 2.31. The summed E-state index contributed by atoms with van der Waals surface area (Å²) >= 11 is 1.47. The van der Waals surface area contributed by atoms with Crippen molar-refractivity contribution in [1.29, 1.82) is 0 Å². The smallest absolute Gasteiger partial charge is 0.363 e. The van der Waals surface area contributed by atoms with E-state index in [1.807, 2.05) is 73.0 Å². The number of cyclic esters (lactones) is 1. The summed E-state index contributed by atoms with van der Waals surface area (Å²) in [4.78, 5) is 17.3. The highest BCUT2D eigenvalue weighted by molar-refractivity contribution is 7.12. The summed E-state index contributed by atoms with van der Waals surface area (Å²) in [7, 11) is 0. The molecule has 3 aromatic rings. The van der Waals surface area contributed by atoms with Crippen LogP contribution >= 0.6 is 11.3 Å². The zero-order chi connectivity index (χ0) is 20.1. The number of benzene rings is 2. The van der Waals surface area contributed by atoms with Crippen LogP contribution in [0.3, 0.4) is 0 Å². The molecule has 2 aromatic carbocycles. The van der Waals surface area contributed by atoms with Crippen LogP contribution in [0.5, 0.6) is 11.5 Å². The Morgan fingerprint density at radius 2 is 1.90 bits per heavy atom. The third kappa shape index (κ3) is 4.55. The number of esters is 1. The Kier molecular flexibility index (Phi) is 5.72. The van der Waals surface area contributed by atoms with Crippen molar-refractivity contribution in [1.82, 2.24) is 0 Å². The molecule has 0 spiro atoms. The molecule has 4 rings (SSSR count). The van der Waals surface area contributed by atoms with Crippen molar-refractivity contribution < 1.29 is 19.0 Å². The first-order valence-corrected chi connectivity index (χ1v) is 10.1. The first-order chi connectivity index (χ1) is 14.2. The fraction of sp³-hybridized carbons (Fsp3) is 0.130. The van der Waals surface area contributed by atoms with E-state index in [0.717, 1.165) is 16.0 Å². The molecule has 6 heteroatoms. The molecule has 0 amide bonds. The molecule has 146 valence electrons. The van der Waals surface area contributed by atoms with Crippen LogP contribution in [-0.4, -0.2) is 18.5 Å². The number of hydrogen-bond donors (Lipinski definition) is 0. The molecule has 1 aliphatic rings. The van der Waals surface area contributed by atoms with E-state index in [9.17, 15) is 4.79 Å². The second-order valence-electron chi connectivity index (χ2n) is 6.23. The third-order valence-electron chi connectivity index (χ3n) is 4.16. The Morgan fingerprint density at radius 3 is 2.66 bits per heavy atom. The van der Waals surface area contributed by atoms with Crippen LogP contribution in [0.4, 0.5) is 0 Å². The number of ether oxygens (including phenoxy) is 3. The molecule has 0 unspecified atom stereocenters. The predicted molar refractivity (Wildman–Crippen MR) is 113 cm³/mol. The van der Waals surface area contributed by atoms with E-state index in [1.54, 1.807) is 6.08 Å². The number of aliphatic imine (C=N–C) groups is 1. The average Bonchev–Trinajstić information content (AvgIpc) is 3.39. The van der Waals surface area contributed by atoms with Crippen molar-refractivity contribution in [3.05, 3.63) is 87.7 Å². The van der Waals surface area contributed by atoms with Gasteiger partial charge in [0.15, 0.2) is 17.2 Å². The zero-order valence-corrected chi connectivity index (χ0v) is 16.6. The maximum absolute atomic E-state index is 12.2. The lowest BCUT2D eigenvalue weighted by atomic mass is 10.1. The van der Waals surface area contributed by atoms with Gasteiger partial charge in [-0.05, 0) is 47.7 Å². The van der Waals surface area contributed by atoms with Gasteiger partial charge in [-0.2, -0.15) is 0 Å². The maximum atomic E-state index is 12.2. The number of carbonyl (C=O) groups excluding carboxylic acids is 1. The summed E-state index contributed by atoms with van der Waals surface area (Å²) in [5.74, 6) is 1.14. The average molecular weight is 405 g/mol. The van der Waals surface area contributed by atoms with Crippen molar-refractivity contribution in [3.63, 3.8) is 0 Å². The van der Waals surface area contributed by atoms with Crippen molar-refractivity contribution in [2.45, 2.75) is 13.5 Å². The van der Waals surface area contributed by atoms with E-state index in [1.165, 1.54) is 11.3 Å². The summed E-state index contributed by atoms with van der Waals surface area (Å²) in [6.07, 6.45) is 1.69. The highest BCUT2D eigenvalue weighted by Gasteiger charge is 2.24. The van der Waals surface area contributed by atoms with Gasteiger partial charge in [0.25, 0.3) is 0 Å². The number of thiophene rings is 1. The molecule has 0 bridgehead atoms. The molecule has 0 atom stereocenters. The molecule has 2 heterocycles. The van der Waals surface area contributed by atoms with Crippen molar-refractivity contribution in [2.24, 2.45) is 4.99 Å². The van der Waals surface area contributed by atoms with Crippen LogP contribution in [0.25, 0.3) is 6.08 Å². The SMILES string of the molecule is CCOc1cc(/C=C2\N=C(c3cccs3)OC2=O)ccc1OCc1ccccc1.